The second kappa shape index (κ2) is 17.7. The van der Waals surface area contributed by atoms with Crippen molar-refractivity contribution in [3.8, 4) is 0 Å². The van der Waals surface area contributed by atoms with Crippen LogP contribution in [0.25, 0.3) is 0 Å². The largest absolute Gasteiger partial charge is 0.444 e. The third-order valence-electron chi connectivity index (χ3n) is 8.81. The topological polar surface area (TPSA) is 202 Å². The predicted octanol–water partition coefficient (Wildman–Crippen LogP) is 1.96. The average molecular weight is 759 g/mol. The van der Waals surface area contributed by atoms with E-state index in [4.69, 9.17) is 14.2 Å². The maximum absolute atomic E-state index is 14.3. The van der Waals surface area contributed by atoms with Crippen LogP contribution in [0.1, 0.15) is 93.2 Å². The molecule has 6 atom stereocenters. The summed E-state index contributed by atoms with van der Waals surface area (Å²) in [5.41, 5.74) is -1.12. The van der Waals surface area contributed by atoms with Gasteiger partial charge >= 0.3 is 6.09 Å². The predicted molar refractivity (Wildman–Crippen MR) is 197 cm³/mol. The second-order valence-corrected chi connectivity index (χ2v) is 16.4. The molecule has 2 fully saturated rings. The molecular formula is C38H58N6O10. The van der Waals surface area contributed by atoms with Gasteiger partial charge in [-0.15, -0.1) is 0 Å². The van der Waals surface area contributed by atoms with Gasteiger partial charge in [-0.2, -0.15) is 0 Å². The molecule has 16 heteroatoms. The number of likely N-dealkylation sites (N-methyl/N-ethyl adjacent to an activating group) is 1. The number of hydrogen-bond acceptors (Lipinski definition) is 10. The van der Waals surface area contributed by atoms with E-state index >= 15 is 0 Å². The summed E-state index contributed by atoms with van der Waals surface area (Å²) in [7, 11) is 3.10. The molecule has 1 aromatic rings. The zero-order valence-corrected chi connectivity index (χ0v) is 33.4. The molecule has 0 spiro atoms. The second-order valence-electron chi connectivity index (χ2n) is 16.4. The summed E-state index contributed by atoms with van der Waals surface area (Å²) >= 11 is 0. The Labute approximate surface area is 317 Å². The van der Waals surface area contributed by atoms with Crippen molar-refractivity contribution in [1.29, 1.82) is 0 Å². The number of nitrogens with zero attached hydrogens (tertiary/aromatic N) is 2. The normalized spacial score (nSPS) is 20.8. The monoisotopic (exact) mass is 758 g/mol. The lowest BCUT2D eigenvalue weighted by Gasteiger charge is -2.37. The van der Waals surface area contributed by atoms with E-state index < -0.39 is 101 Å². The van der Waals surface area contributed by atoms with Crippen LogP contribution in [0.4, 0.5) is 4.79 Å². The highest BCUT2D eigenvalue weighted by molar-refractivity contribution is 6.38. The van der Waals surface area contributed by atoms with E-state index in [2.05, 4.69) is 21.3 Å². The molecule has 2 saturated heterocycles. The van der Waals surface area contributed by atoms with E-state index in [-0.39, 0.29) is 13.0 Å². The molecule has 2 aliphatic rings. The van der Waals surface area contributed by atoms with Crippen LogP contribution in [0.2, 0.25) is 0 Å². The summed E-state index contributed by atoms with van der Waals surface area (Å²) < 4.78 is 17.6. The first kappa shape index (κ1) is 43.8. The van der Waals surface area contributed by atoms with Crippen molar-refractivity contribution in [2.75, 3.05) is 27.2 Å². The molecule has 1 aromatic carbocycles. The SMILES string of the molecule is CCCC[C@H](NC(=O)[C@@H]1[C@H]2OC(C)(C)O[C@H]2CN1C(=O)[C@@H](NC(=O)OC(C)(C)C)C(C)(C)C)C(=O)C(=O)NCC(=O)NC(C(=O)N(C)C)c1ccccc1. The molecule has 16 nitrogen and oxygen atoms in total. The zero-order chi connectivity index (χ0) is 40.8. The number of unbranched alkanes of at least 4 members (excludes halogenated alkanes) is 1. The molecule has 6 amide bonds. The van der Waals surface area contributed by atoms with Crippen LogP contribution in [0.15, 0.2) is 30.3 Å². The van der Waals surface area contributed by atoms with Crippen molar-refractivity contribution in [3.63, 3.8) is 0 Å². The number of alkyl carbamates (subject to hydrolysis) is 1. The number of carbonyl (C=O) groups excluding carboxylic acids is 7. The van der Waals surface area contributed by atoms with E-state index in [1.165, 1.54) is 9.80 Å². The summed E-state index contributed by atoms with van der Waals surface area (Å²) in [4.78, 5) is 96.4. The minimum absolute atomic E-state index is 0.0446. The first-order chi connectivity index (χ1) is 25.0. The van der Waals surface area contributed by atoms with Gasteiger partial charge in [0.25, 0.3) is 5.91 Å². The Hall–Kier alpha value is -4.57. The summed E-state index contributed by atoms with van der Waals surface area (Å²) in [6.45, 7) is 14.9. The van der Waals surface area contributed by atoms with Crippen LogP contribution in [-0.2, 0) is 43.0 Å². The van der Waals surface area contributed by atoms with Gasteiger partial charge in [-0.25, -0.2) is 4.79 Å². The van der Waals surface area contributed by atoms with Gasteiger partial charge in [0.2, 0.25) is 29.4 Å². The van der Waals surface area contributed by atoms with Gasteiger partial charge in [-0.3, -0.25) is 28.8 Å². The number of ether oxygens (including phenoxy) is 3. The Morgan fingerprint density at radius 3 is 2.13 bits per heavy atom. The summed E-state index contributed by atoms with van der Waals surface area (Å²) in [5.74, 6) is -5.63. The number of benzene rings is 1. The van der Waals surface area contributed by atoms with Crippen LogP contribution in [0.3, 0.4) is 0 Å². The molecule has 300 valence electrons. The fraction of sp³-hybridized carbons (Fsp3) is 0.658. The fourth-order valence-electron chi connectivity index (χ4n) is 6.26. The Morgan fingerprint density at radius 2 is 1.57 bits per heavy atom. The number of carbonyl (C=O) groups is 7. The van der Waals surface area contributed by atoms with Crippen molar-refractivity contribution < 1.29 is 47.8 Å². The minimum atomic E-state index is -1.31. The van der Waals surface area contributed by atoms with Crippen LogP contribution >= 0.6 is 0 Å². The smallest absolute Gasteiger partial charge is 0.408 e. The Kier molecular flexibility index (Phi) is 14.4. The quantitative estimate of drug-likeness (QED) is 0.203. The summed E-state index contributed by atoms with van der Waals surface area (Å²) in [6.07, 6.45) is -1.24. The molecule has 3 rings (SSSR count). The van der Waals surface area contributed by atoms with E-state index in [0.29, 0.717) is 18.4 Å². The molecule has 1 unspecified atom stereocenters. The molecule has 54 heavy (non-hydrogen) atoms. The highest BCUT2D eigenvalue weighted by Gasteiger charge is 2.58. The van der Waals surface area contributed by atoms with Gasteiger partial charge in [0.05, 0.1) is 19.1 Å². The van der Waals surface area contributed by atoms with Gasteiger partial charge in [0, 0.05) is 14.1 Å². The van der Waals surface area contributed by atoms with Gasteiger partial charge < -0.3 is 45.3 Å². The minimum Gasteiger partial charge on any atom is -0.444 e. The highest BCUT2D eigenvalue weighted by Crippen LogP contribution is 2.38. The molecule has 2 aliphatic heterocycles. The molecule has 0 saturated carbocycles. The lowest BCUT2D eigenvalue weighted by atomic mass is 9.85. The van der Waals surface area contributed by atoms with Gasteiger partial charge in [0.1, 0.15) is 35.9 Å². The van der Waals surface area contributed by atoms with E-state index in [0.717, 1.165) is 0 Å². The van der Waals surface area contributed by atoms with Crippen LogP contribution in [0, 0.1) is 5.41 Å². The number of fused-ring (bicyclic) bond motifs is 1. The van der Waals surface area contributed by atoms with E-state index in [1.54, 1.807) is 99.8 Å². The standard InChI is InChI=1S/C38H58N6O10/c1-12-13-19-23(28(46)32(48)39-20-25(45)41-26(33(49)43(10)11)22-17-15-14-16-18-22)40-31(47)27-29-24(52-38(8,9)53-29)21-44(27)34(50)30(36(2,3)4)42-35(51)54-37(5,6)7/h14-18,23-24,26-27,29-30H,12-13,19-21H2,1-11H3,(H,39,48)(H,40,47)(H,41,45)(H,42,51)/t23-,24-,26?,27-,29-,30+/m0/s1. The fourth-order valence-corrected chi connectivity index (χ4v) is 6.26. The van der Waals surface area contributed by atoms with Crippen molar-refractivity contribution in [1.82, 2.24) is 31.1 Å². The van der Waals surface area contributed by atoms with Gasteiger partial charge in [0.15, 0.2) is 5.79 Å². The molecule has 0 aromatic heterocycles. The average Bonchev–Trinajstić information content (AvgIpc) is 3.56. The Morgan fingerprint density at radius 1 is 0.944 bits per heavy atom. The molecule has 4 N–H and O–H groups in total. The summed E-state index contributed by atoms with van der Waals surface area (Å²) in [6, 6.07) is 3.83. The van der Waals surface area contributed by atoms with E-state index in [9.17, 15) is 33.6 Å². The third kappa shape index (κ3) is 11.7. The lowest BCUT2D eigenvalue weighted by molar-refractivity contribution is -0.171. The Bertz CT molecular complexity index is 1550. The number of ketones is 1. The number of hydrogen-bond donors (Lipinski definition) is 4. The maximum atomic E-state index is 14.3. The summed E-state index contributed by atoms with van der Waals surface area (Å²) in [5, 5.41) is 10.3. The first-order valence-corrected chi connectivity index (χ1v) is 18.3. The molecule has 0 bridgehead atoms. The van der Waals surface area contributed by atoms with Crippen molar-refractivity contribution in [2.24, 2.45) is 5.41 Å². The van der Waals surface area contributed by atoms with Crippen LogP contribution < -0.4 is 21.3 Å². The first-order valence-electron chi connectivity index (χ1n) is 18.3. The molecule has 0 aliphatic carbocycles. The van der Waals surface area contributed by atoms with Crippen molar-refractivity contribution >= 4 is 41.4 Å². The lowest BCUT2D eigenvalue weighted by Crippen LogP contribution is -2.61. The molecule has 0 radical (unpaired) electrons. The number of rotatable bonds is 14. The number of nitrogens with one attached hydrogen (secondary N) is 4. The zero-order valence-electron chi connectivity index (χ0n) is 33.4. The third-order valence-corrected chi connectivity index (χ3v) is 8.81. The number of amides is 6. The number of Topliss-reactive ketones (excluding diaryl/α,β-unsaturated/α-hetero) is 1. The van der Waals surface area contributed by atoms with Crippen molar-refractivity contribution in [2.45, 2.75) is 129 Å². The maximum Gasteiger partial charge on any atom is 0.408 e. The highest BCUT2D eigenvalue weighted by atomic mass is 16.8. The van der Waals surface area contributed by atoms with Crippen LogP contribution in [-0.4, -0.2) is 120 Å². The van der Waals surface area contributed by atoms with Crippen molar-refractivity contribution in [3.05, 3.63) is 35.9 Å². The van der Waals surface area contributed by atoms with Crippen LogP contribution in [0.5, 0.6) is 0 Å². The van der Waals surface area contributed by atoms with E-state index in [1.807, 2.05) is 6.92 Å². The van der Waals surface area contributed by atoms with Gasteiger partial charge in [-0.05, 0) is 52.0 Å². The number of likely N-dealkylation sites (tertiary alicyclic amines) is 1. The Balaban J connectivity index is 1.80. The molecular weight excluding hydrogens is 700 g/mol. The molecule has 2 heterocycles. The van der Waals surface area contributed by atoms with Gasteiger partial charge in [-0.1, -0.05) is 70.9 Å².